The van der Waals surface area contributed by atoms with Crippen LogP contribution >= 0.6 is 11.3 Å². The Morgan fingerprint density at radius 1 is 1.25 bits per heavy atom. The summed E-state index contributed by atoms with van der Waals surface area (Å²) in [6.45, 7) is 2.67. The zero-order valence-corrected chi connectivity index (χ0v) is 12.4. The van der Waals surface area contributed by atoms with Gasteiger partial charge < -0.3 is 15.4 Å². The minimum absolute atomic E-state index is 0.218. The molecule has 0 fully saturated rings. The Labute approximate surface area is 122 Å². The van der Waals surface area contributed by atoms with E-state index >= 15 is 0 Å². The number of thiophene rings is 1. The molecule has 0 saturated carbocycles. The van der Waals surface area contributed by atoms with Crippen LogP contribution in [0.3, 0.4) is 0 Å². The van der Waals surface area contributed by atoms with Crippen molar-refractivity contribution in [2.24, 2.45) is 0 Å². The summed E-state index contributed by atoms with van der Waals surface area (Å²) in [6.07, 6.45) is 1.03. The van der Waals surface area contributed by atoms with Gasteiger partial charge in [0.1, 0.15) is 5.75 Å². The average Bonchev–Trinajstić information content (AvgIpc) is 2.93. The zero-order chi connectivity index (χ0) is 14.4. The molecule has 2 aromatic rings. The first-order valence-corrected chi connectivity index (χ1v) is 7.29. The molecule has 0 radical (unpaired) electrons. The third-order valence-corrected chi connectivity index (χ3v) is 4.05. The monoisotopic (exact) mass is 290 g/mol. The number of amides is 2. The summed E-state index contributed by atoms with van der Waals surface area (Å²) < 4.78 is 5.11. The number of anilines is 1. The Kier molecular flexibility index (Phi) is 5.01. The largest absolute Gasteiger partial charge is 0.497 e. The smallest absolute Gasteiger partial charge is 0.319 e. The van der Waals surface area contributed by atoms with E-state index < -0.39 is 0 Å². The summed E-state index contributed by atoms with van der Waals surface area (Å²) in [7, 11) is 1.60. The molecule has 2 amide bonds. The Morgan fingerprint density at radius 3 is 2.75 bits per heavy atom. The fourth-order valence-electron chi connectivity index (χ4n) is 1.75. The van der Waals surface area contributed by atoms with Gasteiger partial charge in [-0.1, -0.05) is 13.0 Å². The zero-order valence-electron chi connectivity index (χ0n) is 11.6. The van der Waals surface area contributed by atoms with Crippen LogP contribution in [0.4, 0.5) is 10.5 Å². The molecule has 5 heteroatoms. The van der Waals surface area contributed by atoms with Crippen LogP contribution in [0.1, 0.15) is 16.7 Å². The normalized spacial score (nSPS) is 10.1. The molecule has 20 heavy (non-hydrogen) atoms. The Bertz CT molecular complexity index is 581. The topological polar surface area (TPSA) is 50.4 Å². The van der Waals surface area contributed by atoms with E-state index in [2.05, 4.69) is 29.7 Å². The van der Waals surface area contributed by atoms with E-state index in [0.717, 1.165) is 11.3 Å². The number of carbonyl (C=O) groups is 1. The number of aryl methyl sites for hydroxylation is 1. The molecule has 0 bridgehead atoms. The first-order valence-electron chi connectivity index (χ1n) is 6.47. The molecule has 1 aromatic heterocycles. The van der Waals surface area contributed by atoms with Gasteiger partial charge in [-0.15, -0.1) is 11.3 Å². The van der Waals surface area contributed by atoms with Crippen molar-refractivity contribution in [3.8, 4) is 5.75 Å². The van der Waals surface area contributed by atoms with Gasteiger partial charge in [0.15, 0.2) is 0 Å². The summed E-state index contributed by atoms with van der Waals surface area (Å²) >= 11 is 1.72. The predicted octanol–water partition coefficient (Wildman–Crippen LogP) is 3.64. The van der Waals surface area contributed by atoms with E-state index in [4.69, 9.17) is 4.74 Å². The van der Waals surface area contributed by atoms with E-state index in [1.54, 1.807) is 24.5 Å². The molecule has 2 rings (SSSR count). The molecule has 1 aromatic carbocycles. The van der Waals surface area contributed by atoms with E-state index in [1.165, 1.54) is 4.88 Å². The van der Waals surface area contributed by atoms with Crippen molar-refractivity contribution in [2.75, 3.05) is 12.4 Å². The third-order valence-electron chi connectivity index (χ3n) is 2.82. The lowest BCUT2D eigenvalue weighted by molar-refractivity contribution is 0.252. The first kappa shape index (κ1) is 14.4. The van der Waals surface area contributed by atoms with Crippen molar-refractivity contribution in [1.29, 1.82) is 0 Å². The standard InChI is InChI=1S/C15H18N2O2S/c1-3-13-7-8-14(20-13)10-16-15(18)17-11-5-4-6-12(9-11)19-2/h4-9H,3,10H2,1-2H3,(H2,16,17,18). The quantitative estimate of drug-likeness (QED) is 0.883. The third kappa shape index (κ3) is 3.99. The molecular formula is C15H18N2O2S. The number of hydrogen-bond donors (Lipinski definition) is 2. The summed E-state index contributed by atoms with van der Waals surface area (Å²) in [5.41, 5.74) is 0.710. The highest BCUT2D eigenvalue weighted by Crippen LogP contribution is 2.18. The van der Waals surface area contributed by atoms with Gasteiger partial charge >= 0.3 is 6.03 Å². The first-order chi connectivity index (χ1) is 9.71. The second kappa shape index (κ2) is 6.96. The van der Waals surface area contributed by atoms with Crippen molar-refractivity contribution in [3.05, 3.63) is 46.2 Å². The highest BCUT2D eigenvalue weighted by Gasteiger charge is 2.04. The molecular weight excluding hydrogens is 272 g/mol. The van der Waals surface area contributed by atoms with Crippen molar-refractivity contribution >= 4 is 23.1 Å². The van der Waals surface area contributed by atoms with E-state index in [-0.39, 0.29) is 6.03 Å². The number of ether oxygens (including phenoxy) is 1. The molecule has 0 aliphatic rings. The van der Waals surface area contributed by atoms with Crippen LogP contribution in [0, 0.1) is 0 Å². The minimum atomic E-state index is -0.218. The van der Waals surface area contributed by atoms with Crippen molar-refractivity contribution in [1.82, 2.24) is 5.32 Å². The number of nitrogens with one attached hydrogen (secondary N) is 2. The molecule has 0 spiro atoms. The van der Waals surface area contributed by atoms with Gasteiger partial charge in [-0.2, -0.15) is 0 Å². The maximum atomic E-state index is 11.8. The summed E-state index contributed by atoms with van der Waals surface area (Å²) in [6, 6.07) is 11.2. The molecule has 0 aliphatic carbocycles. The van der Waals surface area contributed by atoms with Gasteiger partial charge in [0.2, 0.25) is 0 Å². The van der Waals surface area contributed by atoms with Crippen LogP contribution in [0.2, 0.25) is 0 Å². The molecule has 0 unspecified atom stereocenters. The number of rotatable bonds is 5. The minimum Gasteiger partial charge on any atom is -0.497 e. The molecule has 4 nitrogen and oxygen atoms in total. The van der Waals surface area contributed by atoms with E-state index in [0.29, 0.717) is 18.0 Å². The van der Waals surface area contributed by atoms with Crippen LogP contribution in [-0.4, -0.2) is 13.1 Å². The molecule has 2 N–H and O–H groups in total. The highest BCUT2D eigenvalue weighted by molar-refractivity contribution is 7.11. The molecule has 1 heterocycles. The average molecular weight is 290 g/mol. The van der Waals surface area contributed by atoms with Gasteiger partial charge in [-0.3, -0.25) is 0 Å². The van der Waals surface area contributed by atoms with Gasteiger partial charge in [-0.25, -0.2) is 4.79 Å². The van der Waals surface area contributed by atoms with Gasteiger partial charge in [0, 0.05) is 21.5 Å². The van der Waals surface area contributed by atoms with Crippen LogP contribution in [-0.2, 0) is 13.0 Å². The maximum absolute atomic E-state index is 11.8. The Balaban J connectivity index is 1.85. The fraction of sp³-hybridized carbons (Fsp3) is 0.267. The lowest BCUT2D eigenvalue weighted by Gasteiger charge is -2.08. The lowest BCUT2D eigenvalue weighted by atomic mass is 10.3. The second-order valence-electron chi connectivity index (χ2n) is 4.26. The van der Waals surface area contributed by atoms with Crippen molar-refractivity contribution in [3.63, 3.8) is 0 Å². The van der Waals surface area contributed by atoms with Gasteiger partial charge in [-0.05, 0) is 30.7 Å². The maximum Gasteiger partial charge on any atom is 0.319 e. The summed E-state index contributed by atoms with van der Waals surface area (Å²) in [5, 5.41) is 5.62. The molecule has 0 aliphatic heterocycles. The van der Waals surface area contributed by atoms with Crippen LogP contribution < -0.4 is 15.4 Å². The Hall–Kier alpha value is -2.01. The molecule has 106 valence electrons. The van der Waals surface area contributed by atoms with Crippen molar-refractivity contribution in [2.45, 2.75) is 19.9 Å². The lowest BCUT2D eigenvalue weighted by Crippen LogP contribution is -2.27. The van der Waals surface area contributed by atoms with Gasteiger partial charge in [0.25, 0.3) is 0 Å². The Morgan fingerprint density at radius 2 is 2.05 bits per heavy atom. The highest BCUT2D eigenvalue weighted by atomic mass is 32.1. The SMILES string of the molecule is CCc1ccc(CNC(=O)Nc2cccc(OC)c2)s1. The number of methoxy groups -OCH3 is 1. The van der Waals surface area contributed by atoms with Crippen LogP contribution in [0.25, 0.3) is 0 Å². The van der Waals surface area contributed by atoms with Crippen molar-refractivity contribution < 1.29 is 9.53 Å². The van der Waals surface area contributed by atoms with Crippen LogP contribution in [0.5, 0.6) is 5.75 Å². The van der Waals surface area contributed by atoms with E-state index in [9.17, 15) is 4.79 Å². The fourth-order valence-corrected chi connectivity index (χ4v) is 2.65. The van der Waals surface area contributed by atoms with Crippen LogP contribution in [0.15, 0.2) is 36.4 Å². The number of urea groups is 1. The summed E-state index contributed by atoms with van der Waals surface area (Å²) in [4.78, 5) is 14.3. The molecule has 0 saturated heterocycles. The number of hydrogen-bond acceptors (Lipinski definition) is 3. The predicted molar refractivity (Wildman–Crippen MR) is 82.5 cm³/mol. The van der Waals surface area contributed by atoms with E-state index in [1.807, 2.05) is 18.2 Å². The second-order valence-corrected chi connectivity index (χ2v) is 5.51. The number of carbonyl (C=O) groups excluding carboxylic acids is 1. The van der Waals surface area contributed by atoms with Gasteiger partial charge in [0.05, 0.1) is 13.7 Å². The summed E-state index contributed by atoms with van der Waals surface area (Å²) in [5.74, 6) is 0.716. The number of benzene rings is 1. The molecule has 0 atom stereocenters.